The Kier molecular flexibility index (Phi) is 6.08. The van der Waals surface area contributed by atoms with Gasteiger partial charge in [0.1, 0.15) is 5.60 Å². The standard InChI is InChI=1S/C16H29N3O5/c1-15(2,3)24-14(23)19-9-7-18(8-10-19)13(22)17(6)11-16(4,5)12(20)21/h7-11H2,1-6H3,(H,20,21). The lowest BCUT2D eigenvalue weighted by Crippen LogP contribution is -2.55. The summed E-state index contributed by atoms with van der Waals surface area (Å²) in [5.74, 6) is -0.947. The van der Waals surface area contributed by atoms with Crippen LogP contribution in [0.5, 0.6) is 0 Å². The maximum atomic E-state index is 12.4. The molecule has 0 aromatic heterocycles. The molecule has 1 heterocycles. The summed E-state index contributed by atoms with van der Waals surface area (Å²) >= 11 is 0. The van der Waals surface area contributed by atoms with Gasteiger partial charge in [-0.25, -0.2) is 9.59 Å². The minimum Gasteiger partial charge on any atom is -0.481 e. The van der Waals surface area contributed by atoms with Crippen LogP contribution in [0.4, 0.5) is 9.59 Å². The van der Waals surface area contributed by atoms with E-state index in [2.05, 4.69) is 0 Å². The molecule has 0 spiro atoms. The number of carboxylic acid groups (broad SMARTS) is 1. The fourth-order valence-corrected chi connectivity index (χ4v) is 2.38. The molecule has 3 amide bonds. The van der Waals surface area contributed by atoms with Crippen LogP contribution in [0.25, 0.3) is 0 Å². The number of amides is 3. The summed E-state index contributed by atoms with van der Waals surface area (Å²) < 4.78 is 5.32. The first-order valence-electron chi connectivity index (χ1n) is 8.05. The van der Waals surface area contributed by atoms with E-state index in [4.69, 9.17) is 9.84 Å². The maximum absolute atomic E-state index is 12.4. The predicted molar refractivity (Wildman–Crippen MR) is 88.8 cm³/mol. The van der Waals surface area contributed by atoms with E-state index in [9.17, 15) is 14.4 Å². The number of piperazine rings is 1. The molecule has 1 aliphatic rings. The molecule has 0 aliphatic carbocycles. The van der Waals surface area contributed by atoms with Crippen LogP contribution >= 0.6 is 0 Å². The number of carbonyl (C=O) groups is 3. The van der Waals surface area contributed by atoms with Crippen LogP contribution in [0, 0.1) is 5.41 Å². The van der Waals surface area contributed by atoms with E-state index in [1.165, 1.54) is 4.90 Å². The van der Waals surface area contributed by atoms with Gasteiger partial charge in [-0.3, -0.25) is 4.79 Å². The van der Waals surface area contributed by atoms with Crippen LogP contribution in [0.1, 0.15) is 34.6 Å². The van der Waals surface area contributed by atoms with E-state index < -0.39 is 17.0 Å². The van der Waals surface area contributed by atoms with Crippen molar-refractivity contribution in [2.75, 3.05) is 39.8 Å². The van der Waals surface area contributed by atoms with Crippen LogP contribution in [0.2, 0.25) is 0 Å². The van der Waals surface area contributed by atoms with Crippen LogP contribution in [0.3, 0.4) is 0 Å². The molecule has 8 nitrogen and oxygen atoms in total. The van der Waals surface area contributed by atoms with Crippen molar-refractivity contribution in [3.05, 3.63) is 0 Å². The summed E-state index contributed by atoms with van der Waals surface area (Å²) in [6.07, 6.45) is -0.380. The first-order chi connectivity index (χ1) is 10.8. The third-order valence-corrected chi connectivity index (χ3v) is 3.74. The summed E-state index contributed by atoms with van der Waals surface area (Å²) in [7, 11) is 1.59. The zero-order valence-electron chi connectivity index (χ0n) is 15.5. The highest BCUT2D eigenvalue weighted by atomic mass is 16.6. The second kappa shape index (κ2) is 7.27. The fraction of sp³-hybridized carbons (Fsp3) is 0.812. The molecule has 0 aromatic rings. The Morgan fingerprint density at radius 2 is 1.46 bits per heavy atom. The molecule has 138 valence electrons. The van der Waals surface area contributed by atoms with E-state index in [0.29, 0.717) is 26.2 Å². The number of hydrogen-bond acceptors (Lipinski definition) is 4. The van der Waals surface area contributed by atoms with Crippen LogP contribution in [0.15, 0.2) is 0 Å². The van der Waals surface area contributed by atoms with Gasteiger partial charge < -0.3 is 24.5 Å². The number of urea groups is 1. The van der Waals surface area contributed by atoms with Gasteiger partial charge in [0.15, 0.2) is 0 Å². The highest BCUT2D eigenvalue weighted by Gasteiger charge is 2.33. The van der Waals surface area contributed by atoms with Crippen molar-refractivity contribution in [2.45, 2.75) is 40.2 Å². The van der Waals surface area contributed by atoms with Gasteiger partial charge in [0.25, 0.3) is 0 Å². The van der Waals surface area contributed by atoms with Crippen molar-refractivity contribution < 1.29 is 24.2 Å². The highest BCUT2D eigenvalue weighted by molar-refractivity contribution is 5.78. The van der Waals surface area contributed by atoms with Crippen LogP contribution < -0.4 is 0 Å². The van der Waals surface area contributed by atoms with E-state index >= 15 is 0 Å². The van der Waals surface area contributed by atoms with Gasteiger partial charge in [-0.15, -0.1) is 0 Å². The van der Waals surface area contributed by atoms with Crippen molar-refractivity contribution in [3.8, 4) is 0 Å². The van der Waals surface area contributed by atoms with Gasteiger partial charge in [-0.2, -0.15) is 0 Å². The number of aliphatic carboxylic acids is 1. The van der Waals surface area contributed by atoms with E-state index in [1.54, 1.807) is 30.7 Å². The minimum atomic E-state index is -1.01. The molecular weight excluding hydrogens is 314 g/mol. The molecule has 0 atom stereocenters. The summed E-state index contributed by atoms with van der Waals surface area (Å²) in [6, 6.07) is -0.229. The normalized spacial score (nSPS) is 15.9. The average Bonchev–Trinajstić information content (AvgIpc) is 2.44. The Hall–Kier alpha value is -1.99. The highest BCUT2D eigenvalue weighted by Crippen LogP contribution is 2.18. The molecule has 1 fully saturated rings. The minimum absolute atomic E-state index is 0.118. The van der Waals surface area contributed by atoms with Crippen molar-refractivity contribution in [1.82, 2.24) is 14.7 Å². The van der Waals surface area contributed by atoms with Gasteiger partial charge in [0.2, 0.25) is 0 Å². The Bertz CT molecular complexity index is 490. The van der Waals surface area contributed by atoms with Crippen molar-refractivity contribution >= 4 is 18.1 Å². The third-order valence-electron chi connectivity index (χ3n) is 3.74. The van der Waals surface area contributed by atoms with Crippen molar-refractivity contribution in [1.29, 1.82) is 0 Å². The molecule has 1 N–H and O–H groups in total. The number of carboxylic acids is 1. The number of rotatable bonds is 3. The van der Waals surface area contributed by atoms with Gasteiger partial charge >= 0.3 is 18.1 Å². The smallest absolute Gasteiger partial charge is 0.410 e. The summed E-state index contributed by atoms with van der Waals surface area (Å²) in [6.45, 7) is 10.3. The van der Waals surface area contributed by atoms with Crippen molar-refractivity contribution in [3.63, 3.8) is 0 Å². The van der Waals surface area contributed by atoms with Crippen LogP contribution in [-0.2, 0) is 9.53 Å². The van der Waals surface area contributed by atoms with Gasteiger partial charge in [-0.1, -0.05) is 0 Å². The van der Waals surface area contributed by atoms with Gasteiger partial charge in [0, 0.05) is 39.8 Å². The molecule has 8 heteroatoms. The topological polar surface area (TPSA) is 90.4 Å². The largest absolute Gasteiger partial charge is 0.481 e. The Balaban J connectivity index is 2.54. The lowest BCUT2D eigenvalue weighted by molar-refractivity contribution is -0.147. The van der Waals surface area contributed by atoms with E-state index in [0.717, 1.165) is 0 Å². The number of nitrogens with zero attached hydrogens (tertiary/aromatic N) is 3. The van der Waals surface area contributed by atoms with Gasteiger partial charge in [-0.05, 0) is 34.6 Å². The molecule has 0 saturated carbocycles. The van der Waals surface area contributed by atoms with Crippen LogP contribution in [-0.4, -0.2) is 83.3 Å². The SMILES string of the molecule is CN(CC(C)(C)C(=O)O)C(=O)N1CCN(C(=O)OC(C)(C)C)CC1. The molecule has 0 radical (unpaired) electrons. The first kappa shape index (κ1) is 20.1. The van der Waals surface area contributed by atoms with E-state index in [1.807, 2.05) is 20.8 Å². The monoisotopic (exact) mass is 343 g/mol. The Morgan fingerprint density at radius 1 is 1.00 bits per heavy atom. The molecular formula is C16H29N3O5. The zero-order valence-corrected chi connectivity index (χ0v) is 15.5. The fourth-order valence-electron chi connectivity index (χ4n) is 2.38. The molecule has 0 bridgehead atoms. The third kappa shape index (κ3) is 5.58. The maximum Gasteiger partial charge on any atom is 0.410 e. The first-order valence-corrected chi connectivity index (χ1v) is 8.05. The number of ether oxygens (including phenoxy) is 1. The van der Waals surface area contributed by atoms with E-state index in [-0.39, 0.29) is 18.7 Å². The number of hydrogen-bond donors (Lipinski definition) is 1. The number of carbonyl (C=O) groups excluding carboxylic acids is 2. The quantitative estimate of drug-likeness (QED) is 0.842. The summed E-state index contributed by atoms with van der Waals surface area (Å²) in [5.41, 5.74) is -1.56. The molecule has 0 aromatic carbocycles. The lowest BCUT2D eigenvalue weighted by Gasteiger charge is -2.38. The summed E-state index contributed by atoms with van der Waals surface area (Å²) in [4.78, 5) is 40.2. The lowest BCUT2D eigenvalue weighted by atomic mass is 9.93. The van der Waals surface area contributed by atoms with Gasteiger partial charge in [0.05, 0.1) is 5.41 Å². The zero-order chi connectivity index (χ0) is 18.7. The Morgan fingerprint density at radius 3 is 1.88 bits per heavy atom. The molecule has 0 unspecified atom stereocenters. The Labute approximate surface area is 143 Å². The average molecular weight is 343 g/mol. The predicted octanol–water partition coefficient (Wildman–Crippen LogP) is 1.70. The second-order valence-electron chi connectivity index (χ2n) is 7.78. The molecule has 1 rings (SSSR count). The molecule has 1 saturated heterocycles. The second-order valence-corrected chi connectivity index (χ2v) is 7.78. The molecule has 24 heavy (non-hydrogen) atoms. The van der Waals surface area contributed by atoms with Crippen molar-refractivity contribution in [2.24, 2.45) is 5.41 Å². The summed E-state index contributed by atoms with van der Waals surface area (Å²) in [5, 5.41) is 9.16. The molecule has 1 aliphatic heterocycles.